The first kappa shape index (κ1) is 8.52. The first-order chi connectivity index (χ1) is 6.07. The molecule has 2 aromatic heterocycles. The summed E-state index contributed by atoms with van der Waals surface area (Å²) in [7, 11) is 1.46. The van der Waals surface area contributed by atoms with Crippen LogP contribution >= 0.6 is 10.7 Å². The molecule has 4 nitrogen and oxygen atoms in total. The summed E-state index contributed by atoms with van der Waals surface area (Å²) < 4.78 is 21.8. The van der Waals surface area contributed by atoms with Crippen molar-refractivity contribution in [2.24, 2.45) is 0 Å². The van der Waals surface area contributed by atoms with Gasteiger partial charge in [0.05, 0.1) is 11.0 Å². The Bertz CT molecular complexity index is 546. The molecule has 1 N–H and O–H groups in total. The number of aromatic amines is 1. The molecule has 2 rings (SSSR count). The highest BCUT2D eigenvalue weighted by molar-refractivity contribution is 8.13. The number of pyridine rings is 1. The Kier molecular flexibility index (Phi) is 1.78. The summed E-state index contributed by atoms with van der Waals surface area (Å²) in [6.45, 7) is 0. The maximum atomic E-state index is 10.9. The lowest BCUT2D eigenvalue weighted by atomic mass is 10.4. The van der Waals surface area contributed by atoms with Crippen LogP contribution in [0.15, 0.2) is 29.4 Å². The second-order valence-electron chi connectivity index (χ2n) is 2.52. The monoisotopic (exact) mass is 216 g/mol. The van der Waals surface area contributed by atoms with Crippen molar-refractivity contribution in [3.05, 3.63) is 24.5 Å². The molecule has 6 heteroatoms. The second-order valence-corrected chi connectivity index (χ2v) is 5.09. The van der Waals surface area contributed by atoms with Gasteiger partial charge in [-0.25, -0.2) is 8.42 Å². The van der Waals surface area contributed by atoms with Crippen LogP contribution in [0.2, 0.25) is 0 Å². The van der Waals surface area contributed by atoms with Crippen LogP contribution in [0.3, 0.4) is 0 Å². The van der Waals surface area contributed by atoms with Gasteiger partial charge in [-0.1, -0.05) is 0 Å². The van der Waals surface area contributed by atoms with E-state index < -0.39 is 9.05 Å². The van der Waals surface area contributed by atoms with Crippen molar-refractivity contribution in [2.45, 2.75) is 4.90 Å². The normalized spacial score (nSPS) is 12.1. The number of rotatable bonds is 1. The number of nitrogens with zero attached hydrogens (tertiary/aromatic N) is 1. The SMILES string of the molecule is O=S(=O)(Cl)c1cnc2cc[nH]c2c1. The molecule has 0 aliphatic carbocycles. The number of nitrogens with one attached hydrogen (secondary N) is 1. The molecular formula is C7H5ClN2O2S. The molecule has 0 aromatic carbocycles. The number of halogens is 1. The quantitative estimate of drug-likeness (QED) is 0.735. The number of hydrogen-bond acceptors (Lipinski definition) is 3. The fourth-order valence-corrected chi connectivity index (χ4v) is 1.74. The maximum absolute atomic E-state index is 10.9. The number of fused-ring (bicyclic) bond motifs is 1. The Hall–Kier alpha value is -1.07. The van der Waals surface area contributed by atoms with Gasteiger partial charge in [0.25, 0.3) is 9.05 Å². The summed E-state index contributed by atoms with van der Waals surface area (Å²) >= 11 is 0. The highest BCUT2D eigenvalue weighted by atomic mass is 35.7. The lowest BCUT2D eigenvalue weighted by Crippen LogP contribution is -1.91. The third-order valence-electron chi connectivity index (χ3n) is 1.66. The Balaban J connectivity index is 2.75. The standard InChI is InChI=1S/C7H5ClN2O2S/c8-13(11,12)5-3-7-6(10-4-5)1-2-9-7/h1-4,9H. The van der Waals surface area contributed by atoms with E-state index >= 15 is 0 Å². The van der Waals surface area contributed by atoms with E-state index in [9.17, 15) is 8.42 Å². The fourth-order valence-electron chi connectivity index (χ4n) is 1.05. The Labute approximate surface area is 79.0 Å². The summed E-state index contributed by atoms with van der Waals surface area (Å²) in [5.74, 6) is 0. The van der Waals surface area contributed by atoms with Crippen LogP contribution in [-0.4, -0.2) is 18.4 Å². The average Bonchev–Trinajstić information content (AvgIpc) is 2.47. The summed E-state index contributed by atoms with van der Waals surface area (Å²) in [4.78, 5) is 6.76. The molecule has 0 saturated carbocycles. The van der Waals surface area contributed by atoms with E-state index in [-0.39, 0.29) is 4.90 Å². The van der Waals surface area contributed by atoms with Crippen LogP contribution in [0, 0.1) is 0 Å². The van der Waals surface area contributed by atoms with Crippen LogP contribution in [0.5, 0.6) is 0 Å². The van der Waals surface area contributed by atoms with Crippen LogP contribution in [0.4, 0.5) is 0 Å². The van der Waals surface area contributed by atoms with Gasteiger partial charge in [-0.2, -0.15) is 0 Å². The summed E-state index contributed by atoms with van der Waals surface area (Å²) in [6, 6.07) is 3.20. The molecule has 2 heterocycles. The molecular weight excluding hydrogens is 212 g/mol. The molecule has 0 radical (unpaired) electrons. The first-order valence-corrected chi connectivity index (χ1v) is 5.76. The summed E-state index contributed by atoms with van der Waals surface area (Å²) in [5, 5.41) is 0. The van der Waals surface area contributed by atoms with Crippen molar-refractivity contribution < 1.29 is 8.42 Å². The zero-order valence-electron chi connectivity index (χ0n) is 6.36. The predicted octanol–water partition coefficient (Wildman–Crippen LogP) is 1.49. The molecule has 0 amide bonds. The fraction of sp³-hybridized carbons (Fsp3) is 0. The van der Waals surface area contributed by atoms with E-state index in [1.807, 2.05) is 0 Å². The third-order valence-corrected chi connectivity index (χ3v) is 2.98. The van der Waals surface area contributed by atoms with Crippen LogP contribution in [0.1, 0.15) is 0 Å². The molecule has 0 aliphatic rings. The highest BCUT2D eigenvalue weighted by Gasteiger charge is 2.10. The van der Waals surface area contributed by atoms with Crippen molar-refractivity contribution in [1.29, 1.82) is 0 Å². The molecule has 0 fully saturated rings. The molecule has 0 saturated heterocycles. The largest absolute Gasteiger partial charge is 0.360 e. The third kappa shape index (κ3) is 1.52. The lowest BCUT2D eigenvalue weighted by Gasteiger charge is -1.94. The van der Waals surface area contributed by atoms with E-state index in [2.05, 4.69) is 9.97 Å². The minimum absolute atomic E-state index is 0.00381. The molecule has 2 aromatic rings. The molecule has 0 aliphatic heterocycles. The molecule has 0 spiro atoms. The van der Waals surface area contributed by atoms with Gasteiger partial charge in [-0.15, -0.1) is 0 Å². The highest BCUT2D eigenvalue weighted by Crippen LogP contribution is 2.17. The van der Waals surface area contributed by atoms with Gasteiger partial charge < -0.3 is 4.98 Å². The lowest BCUT2D eigenvalue weighted by molar-refractivity contribution is 0.609. The van der Waals surface area contributed by atoms with Gasteiger partial charge >= 0.3 is 0 Å². The zero-order valence-corrected chi connectivity index (χ0v) is 7.93. The van der Waals surface area contributed by atoms with Gasteiger partial charge in [0.1, 0.15) is 4.90 Å². The summed E-state index contributed by atoms with van der Waals surface area (Å²) in [5.41, 5.74) is 1.37. The van der Waals surface area contributed by atoms with Crippen LogP contribution < -0.4 is 0 Å². The van der Waals surface area contributed by atoms with Crippen molar-refractivity contribution in [2.75, 3.05) is 0 Å². The van der Waals surface area contributed by atoms with E-state index in [4.69, 9.17) is 10.7 Å². The Morgan fingerprint density at radius 2 is 2.23 bits per heavy atom. The smallest absolute Gasteiger partial charge is 0.262 e. The van der Waals surface area contributed by atoms with Crippen molar-refractivity contribution in [3.8, 4) is 0 Å². The van der Waals surface area contributed by atoms with E-state index in [1.54, 1.807) is 12.3 Å². The molecule has 68 valence electrons. The van der Waals surface area contributed by atoms with Crippen molar-refractivity contribution in [1.82, 2.24) is 9.97 Å². The Morgan fingerprint density at radius 1 is 1.46 bits per heavy atom. The van der Waals surface area contributed by atoms with Gasteiger partial charge in [0.2, 0.25) is 0 Å². The topological polar surface area (TPSA) is 62.8 Å². The average molecular weight is 217 g/mol. The van der Waals surface area contributed by atoms with Gasteiger partial charge in [-0.05, 0) is 12.1 Å². The van der Waals surface area contributed by atoms with E-state index in [0.717, 1.165) is 0 Å². The minimum Gasteiger partial charge on any atom is -0.360 e. The van der Waals surface area contributed by atoms with Gasteiger partial charge in [0, 0.05) is 23.1 Å². The minimum atomic E-state index is -3.68. The predicted molar refractivity (Wildman–Crippen MR) is 49.1 cm³/mol. The molecule has 13 heavy (non-hydrogen) atoms. The zero-order chi connectivity index (χ0) is 9.47. The maximum Gasteiger partial charge on any atom is 0.262 e. The molecule has 0 atom stereocenters. The first-order valence-electron chi connectivity index (χ1n) is 3.45. The second kappa shape index (κ2) is 2.71. The van der Waals surface area contributed by atoms with Crippen LogP contribution in [0.25, 0.3) is 11.0 Å². The van der Waals surface area contributed by atoms with E-state index in [1.165, 1.54) is 12.3 Å². The Morgan fingerprint density at radius 3 is 2.92 bits per heavy atom. The molecule has 0 unspecified atom stereocenters. The van der Waals surface area contributed by atoms with Crippen molar-refractivity contribution in [3.63, 3.8) is 0 Å². The van der Waals surface area contributed by atoms with Crippen molar-refractivity contribution >= 4 is 30.8 Å². The number of H-pyrrole nitrogens is 1. The number of aromatic nitrogens is 2. The molecule has 0 bridgehead atoms. The van der Waals surface area contributed by atoms with Crippen LogP contribution in [-0.2, 0) is 9.05 Å². The number of hydrogen-bond donors (Lipinski definition) is 1. The van der Waals surface area contributed by atoms with E-state index in [0.29, 0.717) is 11.0 Å². The summed E-state index contributed by atoms with van der Waals surface area (Å²) in [6.07, 6.45) is 2.92. The van der Waals surface area contributed by atoms with Gasteiger partial charge in [-0.3, -0.25) is 4.98 Å². The van der Waals surface area contributed by atoms with Gasteiger partial charge in [0.15, 0.2) is 0 Å².